The van der Waals surface area contributed by atoms with Crippen molar-refractivity contribution in [3.8, 4) is 11.3 Å². The number of hydrogen-bond acceptors (Lipinski definition) is 2. The molecule has 0 fully saturated rings. The Balaban J connectivity index is 2.24. The number of benzene rings is 1. The Morgan fingerprint density at radius 2 is 1.94 bits per heavy atom. The number of imidazole rings is 1. The van der Waals surface area contributed by atoms with Gasteiger partial charge in [0, 0.05) is 17.3 Å². The number of primary amides is 1. The zero-order valence-corrected chi connectivity index (χ0v) is 18.8. The van der Waals surface area contributed by atoms with Gasteiger partial charge in [0.05, 0.1) is 0 Å². The number of halogens is 3. The number of fused-ring (bicyclic) bond motifs is 1. The molecular formula is C25H24ClF2N3O. The largest absolute Gasteiger partial charge is 0.366 e. The zero-order chi connectivity index (χ0) is 23.4. The van der Waals surface area contributed by atoms with Gasteiger partial charge >= 0.3 is 0 Å². The van der Waals surface area contributed by atoms with Gasteiger partial charge in [-0.15, -0.1) is 0 Å². The molecule has 0 aliphatic rings. The van der Waals surface area contributed by atoms with Gasteiger partial charge in [-0.05, 0) is 54.7 Å². The fourth-order valence-corrected chi connectivity index (χ4v) is 3.69. The molecule has 0 saturated carbocycles. The number of rotatable bonds is 7. The minimum atomic E-state index is -2.52. The zero-order valence-electron chi connectivity index (χ0n) is 18.1. The monoisotopic (exact) mass is 455 g/mol. The molecule has 2 aromatic heterocycles. The summed E-state index contributed by atoms with van der Waals surface area (Å²) in [5.41, 5.74) is 10.0. The minimum Gasteiger partial charge on any atom is -0.366 e. The highest BCUT2D eigenvalue weighted by Gasteiger charge is 2.18. The number of nitrogens with two attached hydrogens (primary N) is 1. The van der Waals surface area contributed by atoms with E-state index in [-0.39, 0.29) is 5.57 Å². The highest BCUT2D eigenvalue weighted by molar-refractivity contribution is 6.32. The van der Waals surface area contributed by atoms with Crippen molar-refractivity contribution < 1.29 is 13.6 Å². The Bertz CT molecular complexity index is 1260. The second-order valence-corrected chi connectivity index (χ2v) is 7.75. The Morgan fingerprint density at radius 1 is 1.22 bits per heavy atom. The van der Waals surface area contributed by atoms with E-state index in [1.54, 1.807) is 28.8 Å². The van der Waals surface area contributed by atoms with Crippen LogP contribution in [-0.4, -0.2) is 21.7 Å². The molecule has 0 bridgehead atoms. The summed E-state index contributed by atoms with van der Waals surface area (Å²) < 4.78 is 27.8. The van der Waals surface area contributed by atoms with E-state index in [4.69, 9.17) is 17.3 Å². The van der Waals surface area contributed by atoms with E-state index >= 15 is 0 Å². The van der Waals surface area contributed by atoms with Crippen LogP contribution in [0.5, 0.6) is 0 Å². The first-order valence-corrected chi connectivity index (χ1v) is 10.5. The van der Waals surface area contributed by atoms with Crippen LogP contribution in [0.1, 0.15) is 43.1 Å². The Morgan fingerprint density at radius 3 is 2.59 bits per heavy atom. The SMILES string of the molecule is CC\C=C(C)/C(=C\C=C(/C)C(F)F)c1ccccc1-c1nc2cc(C(N)=O)ccn2c1Cl. The summed E-state index contributed by atoms with van der Waals surface area (Å²) in [7, 11) is 0. The summed E-state index contributed by atoms with van der Waals surface area (Å²) in [4.78, 5) is 16.2. The topological polar surface area (TPSA) is 60.4 Å². The lowest BCUT2D eigenvalue weighted by molar-refractivity contribution is 0.1000. The molecule has 0 unspecified atom stereocenters. The first-order valence-electron chi connectivity index (χ1n) is 10.2. The van der Waals surface area contributed by atoms with E-state index in [9.17, 15) is 13.6 Å². The lowest BCUT2D eigenvalue weighted by Gasteiger charge is -2.13. The number of amides is 1. The fourth-order valence-electron chi connectivity index (χ4n) is 3.40. The van der Waals surface area contributed by atoms with E-state index in [1.165, 1.54) is 13.0 Å². The van der Waals surface area contributed by atoms with Gasteiger partial charge in [0.1, 0.15) is 16.5 Å². The van der Waals surface area contributed by atoms with Gasteiger partial charge in [0.15, 0.2) is 0 Å². The predicted octanol–water partition coefficient (Wildman–Crippen LogP) is 6.70. The Hall–Kier alpha value is -3.25. The van der Waals surface area contributed by atoms with Gasteiger partial charge < -0.3 is 5.73 Å². The van der Waals surface area contributed by atoms with Crippen LogP contribution in [0, 0.1) is 0 Å². The van der Waals surface area contributed by atoms with Crippen molar-refractivity contribution in [2.24, 2.45) is 5.73 Å². The first kappa shape index (κ1) is 23.4. The van der Waals surface area contributed by atoms with Crippen molar-refractivity contribution in [3.63, 3.8) is 0 Å². The van der Waals surface area contributed by atoms with Crippen LogP contribution in [0.2, 0.25) is 5.15 Å². The minimum absolute atomic E-state index is 0.0194. The maximum atomic E-state index is 13.1. The predicted molar refractivity (Wildman–Crippen MR) is 126 cm³/mol. The molecule has 0 spiro atoms. The Labute approximate surface area is 190 Å². The molecule has 1 aromatic carbocycles. The average Bonchev–Trinajstić information content (AvgIpc) is 3.09. The summed E-state index contributed by atoms with van der Waals surface area (Å²) in [6.45, 7) is 5.36. The van der Waals surface area contributed by atoms with Crippen LogP contribution in [-0.2, 0) is 0 Å². The number of nitrogens with zero attached hydrogens (tertiary/aromatic N) is 2. The third-order valence-corrected chi connectivity index (χ3v) is 5.48. The van der Waals surface area contributed by atoms with E-state index in [0.717, 1.165) is 28.7 Å². The van der Waals surface area contributed by atoms with E-state index in [2.05, 4.69) is 4.98 Å². The third kappa shape index (κ3) is 4.81. The maximum Gasteiger partial charge on any atom is 0.259 e. The number of alkyl halides is 2. The van der Waals surface area contributed by atoms with Gasteiger partial charge in [-0.2, -0.15) is 0 Å². The highest BCUT2D eigenvalue weighted by atomic mass is 35.5. The van der Waals surface area contributed by atoms with Crippen molar-refractivity contribution in [2.45, 2.75) is 33.6 Å². The van der Waals surface area contributed by atoms with Crippen LogP contribution in [0.3, 0.4) is 0 Å². The number of carbonyl (C=O) groups is 1. The van der Waals surface area contributed by atoms with E-state index in [0.29, 0.717) is 22.1 Å². The molecule has 2 heterocycles. The number of aromatic nitrogens is 2. The molecule has 0 saturated heterocycles. The van der Waals surface area contributed by atoms with Crippen molar-refractivity contribution in [1.29, 1.82) is 0 Å². The fraction of sp³-hybridized carbons (Fsp3) is 0.200. The summed E-state index contributed by atoms with van der Waals surface area (Å²) >= 11 is 6.65. The molecule has 4 nitrogen and oxygen atoms in total. The number of hydrogen-bond donors (Lipinski definition) is 1. The lowest BCUT2D eigenvalue weighted by Crippen LogP contribution is -2.11. The lowest BCUT2D eigenvalue weighted by atomic mass is 9.92. The van der Waals surface area contributed by atoms with E-state index in [1.807, 2.05) is 44.2 Å². The number of carbonyl (C=O) groups excluding carboxylic acids is 1. The molecule has 0 atom stereocenters. The molecule has 7 heteroatoms. The molecule has 0 aliphatic carbocycles. The van der Waals surface area contributed by atoms with Gasteiger partial charge in [0.25, 0.3) is 6.43 Å². The molecule has 0 radical (unpaired) electrons. The van der Waals surface area contributed by atoms with Gasteiger partial charge in [-0.3, -0.25) is 9.20 Å². The summed E-state index contributed by atoms with van der Waals surface area (Å²) in [5.74, 6) is -0.555. The van der Waals surface area contributed by atoms with Crippen LogP contribution in [0.25, 0.3) is 22.5 Å². The van der Waals surface area contributed by atoms with Crippen LogP contribution >= 0.6 is 11.6 Å². The molecule has 3 aromatic rings. The number of pyridine rings is 1. The van der Waals surface area contributed by atoms with Crippen LogP contribution < -0.4 is 5.73 Å². The summed E-state index contributed by atoms with van der Waals surface area (Å²) in [5, 5.41) is 0.374. The average molecular weight is 456 g/mol. The summed E-state index contributed by atoms with van der Waals surface area (Å²) in [6.07, 6.45) is 5.10. The third-order valence-electron chi connectivity index (χ3n) is 5.12. The molecular weight excluding hydrogens is 432 g/mol. The normalized spacial score (nSPS) is 13.3. The number of allylic oxidation sites excluding steroid dienone is 6. The van der Waals surface area contributed by atoms with E-state index < -0.39 is 12.3 Å². The first-order chi connectivity index (χ1) is 15.2. The molecule has 3 rings (SSSR count). The smallest absolute Gasteiger partial charge is 0.259 e. The van der Waals surface area contributed by atoms with Crippen LogP contribution in [0.15, 0.2) is 72.0 Å². The van der Waals surface area contributed by atoms with Crippen molar-refractivity contribution >= 4 is 28.7 Å². The highest BCUT2D eigenvalue weighted by Crippen LogP contribution is 2.36. The Kier molecular flexibility index (Phi) is 7.26. The quantitative estimate of drug-likeness (QED) is 0.403. The maximum absolute atomic E-state index is 13.1. The van der Waals surface area contributed by atoms with Gasteiger partial charge in [0.2, 0.25) is 5.91 Å². The molecule has 32 heavy (non-hydrogen) atoms. The van der Waals surface area contributed by atoms with Crippen molar-refractivity contribution in [2.75, 3.05) is 0 Å². The second-order valence-electron chi connectivity index (χ2n) is 7.39. The summed E-state index contributed by atoms with van der Waals surface area (Å²) in [6, 6.07) is 10.7. The molecule has 166 valence electrons. The molecule has 0 aliphatic heterocycles. The van der Waals surface area contributed by atoms with Gasteiger partial charge in [-0.1, -0.05) is 61.0 Å². The van der Waals surface area contributed by atoms with Crippen LogP contribution in [0.4, 0.5) is 8.78 Å². The standard InChI is InChI=1S/C25H24ClF2N3O/c1-4-7-15(2)18(11-10-16(3)24(27)28)19-8-5-6-9-20(19)22-23(26)31-13-12-17(25(29)32)14-21(31)30-22/h5-14,24H,4H2,1-3H3,(H2,29,32)/b15-7-,16-10+,18-11+. The van der Waals surface area contributed by atoms with Gasteiger partial charge in [-0.25, -0.2) is 13.8 Å². The van der Waals surface area contributed by atoms with Crippen molar-refractivity contribution in [3.05, 3.63) is 88.2 Å². The van der Waals surface area contributed by atoms with Crippen molar-refractivity contribution in [1.82, 2.24) is 9.38 Å². The molecule has 1 amide bonds. The molecule has 2 N–H and O–H groups in total. The second kappa shape index (κ2) is 9.92.